The Balaban J connectivity index is 1.89. The fraction of sp³-hybridized carbons (Fsp3) is 0.467. The van der Waals surface area contributed by atoms with Crippen molar-refractivity contribution in [2.45, 2.75) is 38.6 Å². The average molecular weight is 251 g/mol. The lowest BCUT2D eigenvalue weighted by Gasteiger charge is -2.16. The summed E-state index contributed by atoms with van der Waals surface area (Å²) < 4.78 is 27.1. The van der Waals surface area contributed by atoms with Gasteiger partial charge < -0.3 is 5.32 Å². The van der Waals surface area contributed by atoms with Crippen molar-refractivity contribution >= 4 is 0 Å². The normalized spacial score (nSPS) is 16.7. The molecule has 1 unspecified atom stereocenters. The monoisotopic (exact) mass is 251 g/mol. The lowest BCUT2D eigenvalue weighted by Crippen LogP contribution is -2.22. The number of halogens is 2. The van der Waals surface area contributed by atoms with E-state index in [4.69, 9.17) is 0 Å². The van der Waals surface area contributed by atoms with Gasteiger partial charge in [0.05, 0.1) is 0 Å². The van der Waals surface area contributed by atoms with Crippen molar-refractivity contribution in [2.75, 3.05) is 6.54 Å². The topological polar surface area (TPSA) is 12.0 Å². The zero-order valence-electron chi connectivity index (χ0n) is 10.7. The molecule has 98 valence electrons. The number of allylic oxidation sites excluding steroid dienone is 1. The highest BCUT2D eigenvalue weighted by Crippen LogP contribution is 2.22. The van der Waals surface area contributed by atoms with E-state index in [-0.39, 0.29) is 11.6 Å². The van der Waals surface area contributed by atoms with Crippen LogP contribution in [-0.4, -0.2) is 6.54 Å². The Hall–Kier alpha value is -1.22. The largest absolute Gasteiger partial charge is 0.310 e. The third kappa shape index (κ3) is 3.16. The molecule has 3 heteroatoms. The lowest BCUT2D eigenvalue weighted by atomic mass is 10.1. The molecule has 0 aliphatic heterocycles. The molecular formula is C15H19F2N. The first-order valence-electron chi connectivity index (χ1n) is 6.53. The van der Waals surface area contributed by atoms with Gasteiger partial charge in [0.15, 0.2) is 0 Å². The Morgan fingerprint density at radius 3 is 2.61 bits per heavy atom. The van der Waals surface area contributed by atoms with Gasteiger partial charge in [0.2, 0.25) is 0 Å². The molecule has 0 bridgehead atoms. The fourth-order valence-corrected chi connectivity index (χ4v) is 2.44. The minimum Gasteiger partial charge on any atom is -0.310 e. The Bertz CT molecular complexity index is 420. The SMILES string of the molecule is CC(NCCC1=CCCC1)c1c(F)cccc1F. The molecule has 0 saturated carbocycles. The third-order valence-electron chi connectivity index (χ3n) is 3.46. The summed E-state index contributed by atoms with van der Waals surface area (Å²) in [5.41, 5.74) is 1.60. The Morgan fingerprint density at radius 2 is 2.00 bits per heavy atom. The van der Waals surface area contributed by atoms with E-state index in [2.05, 4.69) is 11.4 Å². The van der Waals surface area contributed by atoms with Gasteiger partial charge in [0.25, 0.3) is 0 Å². The van der Waals surface area contributed by atoms with Crippen LogP contribution < -0.4 is 5.32 Å². The van der Waals surface area contributed by atoms with Crippen LogP contribution in [0.3, 0.4) is 0 Å². The van der Waals surface area contributed by atoms with E-state index in [0.717, 1.165) is 13.0 Å². The minimum absolute atomic E-state index is 0.137. The van der Waals surface area contributed by atoms with Crippen LogP contribution in [0.2, 0.25) is 0 Å². The second-order valence-corrected chi connectivity index (χ2v) is 4.82. The molecule has 2 rings (SSSR count). The Labute approximate surface area is 107 Å². The molecule has 0 amide bonds. The van der Waals surface area contributed by atoms with Crippen molar-refractivity contribution in [1.29, 1.82) is 0 Å². The summed E-state index contributed by atoms with van der Waals surface area (Å²) >= 11 is 0. The number of nitrogens with one attached hydrogen (secondary N) is 1. The molecule has 1 aliphatic carbocycles. The van der Waals surface area contributed by atoms with Gasteiger partial charge in [-0.15, -0.1) is 0 Å². The van der Waals surface area contributed by atoms with Crippen molar-refractivity contribution in [3.05, 3.63) is 47.0 Å². The zero-order chi connectivity index (χ0) is 13.0. The molecule has 0 aromatic heterocycles. The van der Waals surface area contributed by atoms with Crippen LogP contribution in [0.15, 0.2) is 29.8 Å². The smallest absolute Gasteiger partial charge is 0.130 e. The highest BCUT2D eigenvalue weighted by molar-refractivity contribution is 5.22. The minimum atomic E-state index is -0.477. The van der Waals surface area contributed by atoms with E-state index >= 15 is 0 Å². The zero-order valence-corrected chi connectivity index (χ0v) is 10.7. The molecule has 0 spiro atoms. The molecule has 0 heterocycles. The molecule has 0 radical (unpaired) electrons. The van der Waals surface area contributed by atoms with Crippen molar-refractivity contribution in [2.24, 2.45) is 0 Å². The van der Waals surface area contributed by atoms with Crippen LogP contribution in [0, 0.1) is 11.6 Å². The van der Waals surface area contributed by atoms with E-state index in [1.807, 2.05) is 0 Å². The molecule has 1 nitrogen and oxygen atoms in total. The maximum Gasteiger partial charge on any atom is 0.130 e. The van der Waals surface area contributed by atoms with E-state index in [1.54, 1.807) is 6.92 Å². The van der Waals surface area contributed by atoms with Gasteiger partial charge in [-0.3, -0.25) is 0 Å². The van der Waals surface area contributed by atoms with E-state index < -0.39 is 11.6 Å². The van der Waals surface area contributed by atoms with E-state index in [9.17, 15) is 8.78 Å². The van der Waals surface area contributed by atoms with Crippen molar-refractivity contribution in [3.63, 3.8) is 0 Å². The molecule has 1 aromatic carbocycles. The summed E-state index contributed by atoms with van der Waals surface area (Å²) in [6, 6.07) is 3.70. The van der Waals surface area contributed by atoms with Gasteiger partial charge in [-0.05, 0) is 51.3 Å². The molecule has 0 saturated heterocycles. The maximum absolute atomic E-state index is 13.5. The van der Waals surface area contributed by atoms with Gasteiger partial charge in [0, 0.05) is 11.6 Å². The van der Waals surface area contributed by atoms with Crippen molar-refractivity contribution in [3.8, 4) is 0 Å². The molecule has 18 heavy (non-hydrogen) atoms. The molecule has 1 atom stereocenters. The third-order valence-corrected chi connectivity index (χ3v) is 3.46. The van der Waals surface area contributed by atoms with E-state index in [0.29, 0.717) is 0 Å². The van der Waals surface area contributed by atoms with Crippen LogP contribution in [0.4, 0.5) is 8.78 Å². The van der Waals surface area contributed by atoms with Gasteiger partial charge in [-0.25, -0.2) is 8.78 Å². The first-order chi connectivity index (χ1) is 8.68. The van der Waals surface area contributed by atoms with Crippen LogP contribution in [0.5, 0.6) is 0 Å². The van der Waals surface area contributed by atoms with Gasteiger partial charge >= 0.3 is 0 Å². The van der Waals surface area contributed by atoms with Crippen molar-refractivity contribution in [1.82, 2.24) is 5.32 Å². The molecule has 1 aromatic rings. The van der Waals surface area contributed by atoms with Gasteiger partial charge in [-0.1, -0.05) is 17.7 Å². The standard InChI is InChI=1S/C15H19F2N/c1-11(15-13(16)7-4-8-14(15)17)18-10-9-12-5-2-3-6-12/h4-5,7-8,11,18H,2-3,6,9-10H2,1H3. The number of rotatable bonds is 5. The highest BCUT2D eigenvalue weighted by atomic mass is 19.1. The van der Waals surface area contributed by atoms with E-state index in [1.165, 1.54) is 43.0 Å². The van der Waals surface area contributed by atoms with Crippen LogP contribution in [0.1, 0.15) is 44.2 Å². The predicted octanol–water partition coefficient (Wildman–Crippen LogP) is 4.12. The number of hydrogen-bond acceptors (Lipinski definition) is 1. The summed E-state index contributed by atoms with van der Waals surface area (Å²) in [6.07, 6.45) is 6.83. The second-order valence-electron chi connectivity index (χ2n) is 4.82. The first kappa shape index (κ1) is 13.2. The summed E-state index contributed by atoms with van der Waals surface area (Å²) in [4.78, 5) is 0. The summed E-state index contributed by atoms with van der Waals surface area (Å²) in [7, 11) is 0. The van der Waals surface area contributed by atoms with Crippen LogP contribution >= 0.6 is 0 Å². The summed E-state index contributed by atoms with van der Waals surface area (Å²) in [5, 5.41) is 3.19. The quantitative estimate of drug-likeness (QED) is 0.776. The molecule has 1 aliphatic rings. The number of benzene rings is 1. The Morgan fingerprint density at radius 1 is 1.28 bits per heavy atom. The van der Waals surface area contributed by atoms with Crippen molar-refractivity contribution < 1.29 is 8.78 Å². The summed E-state index contributed by atoms with van der Waals surface area (Å²) in [6.45, 7) is 2.56. The average Bonchev–Trinajstić information content (AvgIpc) is 2.82. The molecular weight excluding hydrogens is 232 g/mol. The van der Waals surface area contributed by atoms with Gasteiger partial charge in [0.1, 0.15) is 11.6 Å². The molecule has 0 fully saturated rings. The second kappa shape index (κ2) is 6.10. The first-order valence-corrected chi connectivity index (χ1v) is 6.53. The highest BCUT2D eigenvalue weighted by Gasteiger charge is 2.15. The van der Waals surface area contributed by atoms with Crippen LogP contribution in [-0.2, 0) is 0 Å². The lowest BCUT2D eigenvalue weighted by molar-refractivity contribution is 0.489. The maximum atomic E-state index is 13.5. The fourth-order valence-electron chi connectivity index (χ4n) is 2.44. The number of hydrogen-bond donors (Lipinski definition) is 1. The molecule has 1 N–H and O–H groups in total. The van der Waals surface area contributed by atoms with Gasteiger partial charge in [-0.2, -0.15) is 0 Å². The summed E-state index contributed by atoms with van der Waals surface area (Å²) in [5.74, 6) is -0.954. The Kier molecular flexibility index (Phi) is 4.48. The van der Waals surface area contributed by atoms with Crippen LogP contribution in [0.25, 0.3) is 0 Å². The predicted molar refractivity (Wildman–Crippen MR) is 69.3 cm³/mol.